The lowest BCUT2D eigenvalue weighted by atomic mass is 10.1. The fourth-order valence-electron chi connectivity index (χ4n) is 2.65. The van der Waals surface area contributed by atoms with E-state index in [0.717, 1.165) is 41.7 Å². The summed E-state index contributed by atoms with van der Waals surface area (Å²) >= 11 is 3.03. The average Bonchev–Trinajstić information content (AvgIpc) is 2.81. The van der Waals surface area contributed by atoms with E-state index in [1.54, 1.807) is 0 Å². The Morgan fingerprint density at radius 2 is 2.04 bits per heavy atom. The number of aromatic nitrogens is 2. The third-order valence-electron chi connectivity index (χ3n) is 4.06. The maximum absolute atomic E-state index is 12.4. The van der Waals surface area contributed by atoms with Crippen LogP contribution in [-0.4, -0.2) is 33.9 Å². The van der Waals surface area contributed by atoms with Crippen LogP contribution in [0.5, 0.6) is 0 Å². The summed E-state index contributed by atoms with van der Waals surface area (Å²) in [6, 6.07) is 0.355. The summed E-state index contributed by atoms with van der Waals surface area (Å²) in [5.41, 5.74) is 0. The summed E-state index contributed by atoms with van der Waals surface area (Å²) in [4.78, 5) is 12.4. The Labute approximate surface area is 147 Å². The van der Waals surface area contributed by atoms with Gasteiger partial charge in [0.25, 0.3) is 0 Å². The van der Waals surface area contributed by atoms with Crippen LogP contribution in [0.2, 0.25) is 0 Å². The quantitative estimate of drug-likeness (QED) is 0.417. The van der Waals surface area contributed by atoms with E-state index in [2.05, 4.69) is 27.8 Å². The summed E-state index contributed by atoms with van der Waals surface area (Å²) in [5.74, 6) is 0.123. The number of carbonyl (C=O) groups excluding carboxylic acids is 1. The Morgan fingerprint density at radius 3 is 2.74 bits per heavy atom. The van der Waals surface area contributed by atoms with Gasteiger partial charge in [0.05, 0.1) is 5.25 Å². The highest BCUT2D eigenvalue weighted by atomic mass is 32.2. The molecule has 0 saturated heterocycles. The van der Waals surface area contributed by atoms with Crippen molar-refractivity contribution in [3.8, 4) is 0 Å². The summed E-state index contributed by atoms with van der Waals surface area (Å²) in [6.07, 6.45) is 9.59. The third-order valence-corrected chi connectivity index (χ3v) is 6.13. The molecule has 0 aromatic carbocycles. The van der Waals surface area contributed by atoms with Crippen molar-refractivity contribution in [3.05, 3.63) is 0 Å². The largest absolute Gasteiger partial charge is 0.360 e. The predicted octanol–water partition coefficient (Wildman–Crippen LogP) is 4.07. The van der Waals surface area contributed by atoms with Gasteiger partial charge in [-0.05, 0) is 26.2 Å². The van der Waals surface area contributed by atoms with Crippen molar-refractivity contribution in [2.45, 2.75) is 80.8 Å². The summed E-state index contributed by atoms with van der Waals surface area (Å²) in [5, 5.41) is 15.5. The van der Waals surface area contributed by atoms with Crippen LogP contribution in [0.4, 0.5) is 5.13 Å². The van der Waals surface area contributed by atoms with Crippen molar-refractivity contribution in [3.63, 3.8) is 0 Å². The second kappa shape index (κ2) is 10.1. The van der Waals surface area contributed by atoms with E-state index >= 15 is 0 Å². The molecule has 1 aliphatic rings. The Balaban J connectivity index is 1.76. The lowest BCUT2D eigenvalue weighted by Gasteiger charge is -2.18. The van der Waals surface area contributed by atoms with Crippen LogP contribution in [0.15, 0.2) is 4.34 Å². The molecule has 2 N–H and O–H groups in total. The summed E-state index contributed by atoms with van der Waals surface area (Å²) < 4.78 is 0.854. The van der Waals surface area contributed by atoms with Gasteiger partial charge in [0, 0.05) is 12.6 Å². The zero-order valence-corrected chi connectivity index (χ0v) is 15.8. The van der Waals surface area contributed by atoms with E-state index in [-0.39, 0.29) is 11.2 Å². The standard InChI is InChI=1S/C16H28N4OS2/c1-3-4-11-17-15-19-20-16(23-15)22-12(2)14(21)18-13-9-7-5-6-8-10-13/h12-13H,3-11H2,1-2H3,(H,17,19)(H,18,21). The number of rotatable bonds is 8. The summed E-state index contributed by atoms with van der Waals surface area (Å²) in [6.45, 7) is 5.04. The number of anilines is 1. The third kappa shape index (κ3) is 6.67. The van der Waals surface area contributed by atoms with Crippen molar-refractivity contribution in [1.82, 2.24) is 15.5 Å². The van der Waals surface area contributed by atoms with Crippen LogP contribution in [0.25, 0.3) is 0 Å². The first kappa shape index (κ1) is 18.5. The molecule has 2 rings (SSSR count). The number of nitrogens with zero attached hydrogens (tertiary/aromatic N) is 2. The number of amides is 1. The Bertz CT molecular complexity index is 472. The van der Waals surface area contributed by atoms with Crippen LogP contribution in [0, 0.1) is 0 Å². The SMILES string of the molecule is CCCCNc1nnc(SC(C)C(=O)NC2CCCCCC2)s1. The van der Waals surface area contributed by atoms with E-state index in [1.165, 1.54) is 48.8 Å². The molecule has 130 valence electrons. The van der Waals surface area contributed by atoms with E-state index in [1.807, 2.05) is 6.92 Å². The molecule has 0 spiro atoms. The Kier molecular flexibility index (Phi) is 8.16. The second-order valence-corrected chi connectivity index (χ2v) is 8.68. The highest BCUT2D eigenvalue weighted by molar-refractivity contribution is 8.02. The molecule has 1 atom stereocenters. The molecule has 0 bridgehead atoms. The normalized spacial score (nSPS) is 17.5. The highest BCUT2D eigenvalue weighted by Crippen LogP contribution is 2.29. The van der Waals surface area contributed by atoms with Crippen molar-refractivity contribution in [2.75, 3.05) is 11.9 Å². The lowest BCUT2D eigenvalue weighted by Crippen LogP contribution is -2.39. The average molecular weight is 357 g/mol. The number of nitrogens with one attached hydrogen (secondary N) is 2. The molecule has 0 radical (unpaired) electrons. The first-order valence-corrected chi connectivity index (χ1v) is 10.4. The van der Waals surface area contributed by atoms with E-state index < -0.39 is 0 Å². The molecular formula is C16H28N4OS2. The van der Waals surface area contributed by atoms with E-state index in [9.17, 15) is 4.79 Å². The molecule has 1 fully saturated rings. The van der Waals surface area contributed by atoms with Gasteiger partial charge in [-0.2, -0.15) is 0 Å². The smallest absolute Gasteiger partial charge is 0.233 e. The molecule has 23 heavy (non-hydrogen) atoms. The van der Waals surface area contributed by atoms with Crippen LogP contribution in [-0.2, 0) is 4.79 Å². The van der Waals surface area contributed by atoms with Crippen LogP contribution >= 0.6 is 23.1 Å². The molecule has 0 aliphatic heterocycles. The Hall–Kier alpha value is -0.820. The van der Waals surface area contributed by atoms with E-state index in [4.69, 9.17) is 0 Å². The van der Waals surface area contributed by atoms with Crippen LogP contribution in [0.1, 0.15) is 65.2 Å². The molecule has 1 unspecified atom stereocenters. The maximum Gasteiger partial charge on any atom is 0.233 e. The van der Waals surface area contributed by atoms with Crippen LogP contribution < -0.4 is 10.6 Å². The van der Waals surface area contributed by atoms with E-state index in [0.29, 0.717) is 6.04 Å². The second-order valence-electron chi connectivity index (χ2n) is 6.11. The van der Waals surface area contributed by atoms with Gasteiger partial charge in [-0.25, -0.2) is 0 Å². The highest BCUT2D eigenvalue weighted by Gasteiger charge is 2.21. The molecular weight excluding hydrogens is 328 g/mol. The number of hydrogen-bond acceptors (Lipinski definition) is 6. The van der Waals surface area contributed by atoms with Gasteiger partial charge in [0.2, 0.25) is 11.0 Å². The molecule has 1 saturated carbocycles. The van der Waals surface area contributed by atoms with Crippen molar-refractivity contribution in [2.24, 2.45) is 0 Å². The minimum Gasteiger partial charge on any atom is -0.360 e. The first-order valence-electron chi connectivity index (χ1n) is 8.73. The minimum atomic E-state index is -0.130. The van der Waals surface area contributed by atoms with Crippen LogP contribution in [0.3, 0.4) is 0 Å². The van der Waals surface area contributed by atoms with Crippen molar-refractivity contribution in [1.29, 1.82) is 0 Å². The fourth-order valence-corrected chi connectivity index (χ4v) is 4.58. The molecule has 1 aliphatic carbocycles. The fraction of sp³-hybridized carbons (Fsp3) is 0.812. The van der Waals surface area contributed by atoms with Gasteiger partial charge < -0.3 is 10.6 Å². The van der Waals surface area contributed by atoms with Gasteiger partial charge in [0.15, 0.2) is 4.34 Å². The zero-order valence-electron chi connectivity index (χ0n) is 14.1. The summed E-state index contributed by atoms with van der Waals surface area (Å²) in [7, 11) is 0. The monoisotopic (exact) mass is 356 g/mol. The Morgan fingerprint density at radius 1 is 1.30 bits per heavy atom. The molecule has 1 heterocycles. The number of unbranched alkanes of at least 4 members (excludes halogenated alkanes) is 1. The van der Waals surface area contributed by atoms with Gasteiger partial charge in [-0.15, -0.1) is 10.2 Å². The molecule has 7 heteroatoms. The maximum atomic E-state index is 12.4. The molecule has 1 amide bonds. The number of hydrogen-bond donors (Lipinski definition) is 2. The van der Waals surface area contributed by atoms with Gasteiger partial charge in [-0.3, -0.25) is 4.79 Å². The molecule has 1 aromatic rings. The first-order chi connectivity index (χ1) is 11.2. The van der Waals surface area contributed by atoms with Gasteiger partial charge in [-0.1, -0.05) is 62.1 Å². The zero-order chi connectivity index (χ0) is 16.5. The lowest BCUT2D eigenvalue weighted by molar-refractivity contribution is -0.121. The predicted molar refractivity (Wildman–Crippen MR) is 98.3 cm³/mol. The van der Waals surface area contributed by atoms with Gasteiger partial charge in [0.1, 0.15) is 0 Å². The van der Waals surface area contributed by atoms with Crippen molar-refractivity contribution >= 4 is 34.1 Å². The number of carbonyl (C=O) groups is 1. The number of thioether (sulfide) groups is 1. The molecule has 1 aromatic heterocycles. The minimum absolute atomic E-state index is 0.123. The van der Waals surface area contributed by atoms with Gasteiger partial charge >= 0.3 is 0 Å². The van der Waals surface area contributed by atoms with Crippen molar-refractivity contribution < 1.29 is 4.79 Å². The topological polar surface area (TPSA) is 66.9 Å². The molecule has 5 nitrogen and oxygen atoms in total.